The van der Waals surface area contributed by atoms with Crippen molar-refractivity contribution in [2.24, 2.45) is 0 Å². The number of hydrogen-bond donors (Lipinski definition) is 0. The monoisotopic (exact) mass is 251 g/mol. The summed E-state index contributed by atoms with van der Waals surface area (Å²) in [4.78, 5) is 6.42. The zero-order chi connectivity index (χ0) is 12.3. The molecule has 0 saturated heterocycles. The van der Waals surface area contributed by atoms with Crippen molar-refractivity contribution in [3.8, 4) is 6.07 Å². The summed E-state index contributed by atoms with van der Waals surface area (Å²) in [7, 11) is 1.67. The zero-order valence-corrected chi connectivity index (χ0v) is 10.4. The highest BCUT2D eigenvalue weighted by Crippen LogP contribution is 2.35. The molecule has 1 aliphatic carbocycles. The molecule has 1 heterocycles. The Morgan fingerprint density at radius 2 is 2.41 bits per heavy atom. The van der Waals surface area contributed by atoms with Crippen LogP contribution in [0.25, 0.3) is 0 Å². The first-order chi connectivity index (χ1) is 8.27. The molecule has 0 aliphatic heterocycles. The van der Waals surface area contributed by atoms with Gasteiger partial charge < -0.3 is 9.64 Å². The second-order valence-corrected chi connectivity index (χ2v) is 4.40. The third-order valence-electron chi connectivity index (χ3n) is 2.79. The van der Waals surface area contributed by atoms with Gasteiger partial charge in [0.2, 0.25) is 0 Å². The fourth-order valence-electron chi connectivity index (χ4n) is 1.76. The number of nitrogens with zero attached hydrogens (tertiary/aromatic N) is 3. The number of hydrogen-bond acceptors (Lipinski definition) is 4. The number of ether oxygens (including phenoxy) is 1. The Kier molecular flexibility index (Phi) is 3.82. The van der Waals surface area contributed by atoms with Gasteiger partial charge in [-0.3, -0.25) is 0 Å². The highest BCUT2D eigenvalue weighted by atomic mass is 35.5. The Morgan fingerprint density at radius 1 is 1.65 bits per heavy atom. The SMILES string of the molecule is COCCN(c1nccc(C#N)c1Cl)C1CC1. The van der Waals surface area contributed by atoms with Crippen molar-refractivity contribution >= 4 is 17.4 Å². The van der Waals surface area contributed by atoms with Crippen LogP contribution in [0.5, 0.6) is 0 Å². The fourth-order valence-corrected chi connectivity index (χ4v) is 2.02. The van der Waals surface area contributed by atoms with Crippen LogP contribution in [0.3, 0.4) is 0 Å². The van der Waals surface area contributed by atoms with Crippen LogP contribution in [0.15, 0.2) is 12.3 Å². The van der Waals surface area contributed by atoms with Crippen LogP contribution in [0.2, 0.25) is 5.02 Å². The Balaban J connectivity index is 2.26. The molecule has 1 aliphatic rings. The predicted octanol–water partition coefficient (Wildman–Crippen LogP) is 2.22. The summed E-state index contributed by atoms with van der Waals surface area (Å²) < 4.78 is 5.09. The lowest BCUT2D eigenvalue weighted by Gasteiger charge is -2.24. The van der Waals surface area contributed by atoms with Gasteiger partial charge in [-0.2, -0.15) is 5.26 Å². The second kappa shape index (κ2) is 5.35. The molecule has 1 aromatic heterocycles. The summed E-state index contributed by atoms with van der Waals surface area (Å²) in [5.74, 6) is 0.699. The molecule has 4 nitrogen and oxygen atoms in total. The van der Waals surface area contributed by atoms with Crippen LogP contribution in [-0.2, 0) is 4.74 Å². The highest BCUT2D eigenvalue weighted by molar-refractivity contribution is 6.34. The van der Waals surface area contributed by atoms with Crippen molar-refractivity contribution in [1.82, 2.24) is 4.98 Å². The van der Waals surface area contributed by atoms with E-state index in [1.165, 1.54) is 0 Å². The Labute approximate surface area is 106 Å². The largest absolute Gasteiger partial charge is 0.383 e. The van der Waals surface area contributed by atoms with E-state index in [-0.39, 0.29) is 0 Å². The van der Waals surface area contributed by atoms with E-state index in [2.05, 4.69) is 16.0 Å². The summed E-state index contributed by atoms with van der Waals surface area (Å²) in [6.07, 6.45) is 3.93. The van der Waals surface area contributed by atoms with E-state index in [0.717, 1.165) is 19.4 Å². The van der Waals surface area contributed by atoms with Gasteiger partial charge in [-0.05, 0) is 18.9 Å². The Hall–Kier alpha value is -1.31. The van der Waals surface area contributed by atoms with Crippen LogP contribution in [0, 0.1) is 11.3 Å². The molecule has 0 N–H and O–H groups in total. The van der Waals surface area contributed by atoms with E-state index in [9.17, 15) is 0 Å². The van der Waals surface area contributed by atoms with Crippen LogP contribution in [0.1, 0.15) is 18.4 Å². The maximum atomic E-state index is 8.95. The van der Waals surface area contributed by atoms with Crippen molar-refractivity contribution in [3.63, 3.8) is 0 Å². The lowest BCUT2D eigenvalue weighted by atomic mass is 10.2. The van der Waals surface area contributed by atoms with Gasteiger partial charge >= 0.3 is 0 Å². The first kappa shape index (κ1) is 12.2. The zero-order valence-electron chi connectivity index (χ0n) is 9.69. The number of halogens is 1. The lowest BCUT2D eigenvalue weighted by molar-refractivity contribution is 0.204. The quantitative estimate of drug-likeness (QED) is 0.805. The number of pyridine rings is 1. The molecule has 5 heteroatoms. The van der Waals surface area contributed by atoms with Gasteiger partial charge in [0, 0.05) is 25.9 Å². The van der Waals surface area contributed by atoms with Gasteiger partial charge in [0.1, 0.15) is 16.9 Å². The van der Waals surface area contributed by atoms with Crippen LogP contribution < -0.4 is 4.90 Å². The molecule has 0 spiro atoms. The van der Waals surface area contributed by atoms with Gasteiger partial charge in [-0.25, -0.2) is 4.98 Å². The maximum absolute atomic E-state index is 8.95. The normalized spacial score (nSPS) is 14.4. The summed E-state index contributed by atoms with van der Waals surface area (Å²) >= 11 is 6.19. The smallest absolute Gasteiger partial charge is 0.149 e. The molecule has 0 bridgehead atoms. The first-order valence-electron chi connectivity index (χ1n) is 5.58. The minimum Gasteiger partial charge on any atom is -0.383 e. The minimum absolute atomic E-state index is 0.443. The molecule has 0 unspecified atom stereocenters. The van der Waals surface area contributed by atoms with Gasteiger partial charge in [-0.1, -0.05) is 11.6 Å². The fraction of sp³-hybridized carbons (Fsp3) is 0.500. The maximum Gasteiger partial charge on any atom is 0.149 e. The number of anilines is 1. The molecular formula is C12H14ClN3O. The molecule has 1 aromatic rings. The van der Waals surface area contributed by atoms with Crippen molar-refractivity contribution in [1.29, 1.82) is 5.26 Å². The number of nitriles is 1. The molecule has 1 saturated carbocycles. The molecule has 1 fully saturated rings. The lowest BCUT2D eigenvalue weighted by Crippen LogP contribution is -2.30. The summed E-state index contributed by atoms with van der Waals surface area (Å²) in [5.41, 5.74) is 0.472. The highest BCUT2D eigenvalue weighted by Gasteiger charge is 2.31. The Bertz CT molecular complexity index is 440. The molecule has 0 radical (unpaired) electrons. The van der Waals surface area contributed by atoms with Gasteiger partial charge in [0.05, 0.1) is 12.2 Å². The summed E-state index contributed by atoms with van der Waals surface area (Å²) in [6.45, 7) is 1.38. The van der Waals surface area contributed by atoms with Crippen LogP contribution in [0.4, 0.5) is 5.82 Å². The van der Waals surface area contributed by atoms with E-state index in [1.807, 2.05) is 0 Å². The first-order valence-corrected chi connectivity index (χ1v) is 5.96. The van der Waals surface area contributed by atoms with Gasteiger partial charge in [0.25, 0.3) is 0 Å². The van der Waals surface area contributed by atoms with Crippen molar-refractivity contribution in [3.05, 3.63) is 22.8 Å². The number of methoxy groups -OCH3 is 1. The predicted molar refractivity (Wildman–Crippen MR) is 66.2 cm³/mol. The number of aromatic nitrogens is 1. The van der Waals surface area contributed by atoms with E-state index in [4.69, 9.17) is 21.6 Å². The topological polar surface area (TPSA) is 49.1 Å². The second-order valence-electron chi connectivity index (χ2n) is 4.03. The average molecular weight is 252 g/mol. The van der Waals surface area contributed by atoms with E-state index < -0.39 is 0 Å². The molecule has 90 valence electrons. The van der Waals surface area contributed by atoms with E-state index in [1.54, 1.807) is 19.4 Å². The minimum atomic E-state index is 0.443. The Morgan fingerprint density at radius 3 is 3.00 bits per heavy atom. The molecule has 0 aromatic carbocycles. The third kappa shape index (κ3) is 2.68. The van der Waals surface area contributed by atoms with Gasteiger partial charge in [-0.15, -0.1) is 0 Å². The van der Waals surface area contributed by atoms with Crippen molar-refractivity contribution in [2.45, 2.75) is 18.9 Å². The standard InChI is InChI=1S/C12H14ClN3O/c1-17-7-6-16(10-2-3-10)12-11(13)9(8-14)4-5-15-12/h4-5,10H,2-3,6-7H2,1H3. The van der Waals surface area contributed by atoms with Crippen molar-refractivity contribution in [2.75, 3.05) is 25.2 Å². The van der Waals surface area contributed by atoms with Gasteiger partial charge in [0.15, 0.2) is 0 Å². The molecular weight excluding hydrogens is 238 g/mol. The summed E-state index contributed by atoms with van der Waals surface area (Å²) in [5, 5.41) is 9.39. The van der Waals surface area contributed by atoms with Crippen LogP contribution in [-0.4, -0.2) is 31.3 Å². The molecule has 0 atom stereocenters. The average Bonchev–Trinajstić information content (AvgIpc) is 3.16. The molecule has 2 rings (SSSR count). The van der Waals surface area contributed by atoms with Crippen LogP contribution >= 0.6 is 11.6 Å². The summed E-state index contributed by atoms with van der Waals surface area (Å²) in [6, 6.07) is 4.20. The molecule has 0 amide bonds. The van der Waals surface area contributed by atoms with E-state index in [0.29, 0.717) is 29.1 Å². The third-order valence-corrected chi connectivity index (χ3v) is 3.16. The van der Waals surface area contributed by atoms with E-state index >= 15 is 0 Å². The van der Waals surface area contributed by atoms with Crippen molar-refractivity contribution < 1.29 is 4.74 Å². The number of rotatable bonds is 5. The molecule has 17 heavy (non-hydrogen) atoms.